The van der Waals surface area contributed by atoms with E-state index >= 15 is 0 Å². The second kappa shape index (κ2) is 11.5. The zero-order valence-electron chi connectivity index (χ0n) is 22.2. The van der Waals surface area contributed by atoms with Crippen molar-refractivity contribution in [2.24, 2.45) is 16.0 Å². The Labute approximate surface area is 222 Å². The minimum absolute atomic E-state index is 0.124. The number of nitrogens with two attached hydrogens (primary N) is 1. The maximum Gasteiger partial charge on any atom is 0.277 e. The van der Waals surface area contributed by atoms with Gasteiger partial charge in [-0.15, -0.1) is 5.11 Å². The molecule has 1 aliphatic heterocycles. The van der Waals surface area contributed by atoms with Gasteiger partial charge in [0.1, 0.15) is 0 Å². The zero-order valence-corrected chi connectivity index (χ0v) is 23.8. The van der Waals surface area contributed by atoms with Crippen LogP contribution in [-0.2, 0) is 19.6 Å². The first-order chi connectivity index (χ1) is 17.3. The monoisotopic (exact) mass is 552 g/mol. The summed E-state index contributed by atoms with van der Waals surface area (Å²) in [5.74, 6) is -0.917. The van der Waals surface area contributed by atoms with Crippen LogP contribution in [0.2, 0.25) is 0 Å². The van der Waals surface area contributed by atoms with E-state index in [1.807, 2.05) is 32.8 Å². The number of nitrogens with zero attached hydrogens (tertiary/aromatic N) is 7. The van der Waals surface area contributed by atoms with Crippen molar-refractivity contribution in [3.8, 4) is 0 Å². The third-order valence-corrected chi connectivity index (χ3v) is 8.84. The average Bonchev–Trinajstić information content (AvgIpc) is 3.32. The molecule has 1 fully saturated rings. The molecular formula is C23H36N8O4S2. The van der Waals surface area contributed by atoms with E-state index in [1.165, 1.54) is 26.5 Å². The summed E-state index contributed by atoms with van der Waals surface area (Å²) in [5.41, 5.74) is 6.15. The van der Waals surface area contributed by atoms with Gasteiger partial charge in [-0.05, 0) is 64.1 Å². The second-order valence-corrected chi connectivity index (χ2v) is 12.5. The fourth-order valence-corrected chi connectivity index (χ4v) is 6.01. The quantitative estimate of drug-likeness (QED) is 0.313. The van der Waals surface area contributed by atoms with Crippen LogP contribution in [0.15, 0.2) is 33.3 Å². The number of hydrogen-bond acceptors (Lipinski definition) is 10. The van der Waals surface area contributed by atoms with Crippen molar-refractivity contribution >= 4 is 49.3 Å². The smallest absolute Gasteiger partial charge is 0.277 e. The van der Waals surface area contributed by atoms with Crippen LogP contribution in [0.25, 0.3) is 10.9 Å². The molecular weight excluding hydrogens is 516 g/mol. The van der Waals surface area contributed by atoms with Crippen molar-refractivity contribution in [3.05, 3.63) is 18.2 Å². The van der Waals surface area contributed by atoms with E-state index in [0.717, 1.165) is 11.5 Å². The van der Waals surface area contributed by atoms with Crippen LogP contribution in [0.3, 0.4) is 0 Å². The maximum atomic E-state index is 13.2. The summed E-state index contributed by atoms with van der Waals surface area (Å²) in [7, 11) is 0.0911. The molecule has 1 saturated heterocycles. The maximum absolute atomic E-state index is 13.2. The van der Waals surface area contributed by atoms with Gasteiger partial charge in [0.2, 0.25) is 16.1 Å². The highest BCUT2D eigenvalue weighted by Gasteiger charge is 2.46. The fourth-order valence-electron chi connectivity index (χ4n) is 3.84. The summed E-state index contributed by atoms with van der Waals surface area (Å²) in [6, 6.07) is 3.33. The number of fused-ring (bicyclic) bond motifs is 1. The summed E-state index contributed by atoms with van der Waals surface area (Å²) in [6.45, 7) is 9.14. The number of hydrazine groups is 1. The third kappa shape index (κ3) is 6.49. The lowest BCUT2D eigenvalue weighted by molar-refractivity contribution is -0.147. The van der Waals surface area contributed by atoms with Gasteiger partial charge in [-0.3, -0.25) is 9.59 Å². The summed E-state index contributed by atoms with van der Waals surface area (Å²) in [5, 5.41) is 12.0. The van der Waals surface area contributed by atoms with E-state index in [9.17, 15) is 18.0 Å². The Bertz CT molecular complexity index is 1270. The molecule has 3 rings (SSSR count). The van der Waals surface area contributed by atoms with Crippen LogP contribution in [0.5, 0.6) is 0 Å². The van der Waals surface area contributed by atoms with Gasteiger partial charge in [-0.1, -0.05) is 13.8 Å². The molecule has 0 saturated carbocycles. The summed E-state index contributed by atoms with van der Waals surface area (Å²) < 4.78 is 31.6. The molecule has 204 valence electrons. The minimum Gasteiger partial charge on any atom is -0.325 e. The number of azo groups is 1. The van der Waals surface area contributed by atoms with Gasteiger partial charge in [-0.2, -0.15) is 13.8 Å². The zero-order chi connectivity index (χ0) is 27.5. The standard InChI is InChI=1S/C23H36N8O4S2/c1-7-29(8-2)37(34,35)16-9-10-18-17(15-16)20(36-27-18)26-25-19-21(32)30(12-11-23(3,4)24)31(22(19)33)14-13-28(5)6/h9-10,15,19H,7-8,11-14,24H2,1-6H3. The Morgan fingerprint density at radius 2 is 1.73 bits per heavy atom. The van der Waals surface area contributed by atoms with Crippen LogP contribution in [0.1, 0.15) is 34.1 Å². The number of sulfonamides is 1. The molecule has 2 amide bonds. The van der Waals surface area contributed by atoms with Gasteiger partial charge in [0.25, 0.3) is 11.8 Å². The van der Waals surface area contributed by atoms with Gasteiger partial charge in [-0.25, -0.2) is 18.4 Å². The molecule has 0 spiro atoms. The molecule has 1 aromatic carbocycles. The molecule has 0 radical (unpaired) electrons. The predicted molar refractivity (Wildman–Crippen MR) is 143 cm³/mol. The number of carbonyl (C=O) groups excluding carboxylic acids is 2. The van der Waals surface area contributed by atoms with E-state index < -0.39 is 33.4 Å². The Kier molecular flexibility index (Phi) is 9.01. The number of benzene rings is 1. The number of hydrogen-bond donors (Lipinski definition) is 1. The normalized spacial score (nSPS) is 17.5. The SMILES string of the molecule is CCN(CC)S(=O)(=O)c1ccc2nsc(N=NC3C(=O)N(CCN(C)C)N(CCC(C)(C)N)C3=O)c2c1. The Hall–Kier alpha value is -2.52. The molecule has 12 nitrogen and oxygen atoms in total. The topological polar surface area (TPSA) is 145 Å². The summed E-state index contributed by atoms with van der Waals surface area (Å²) in [6.07, 6.45) is 0.498. The highest BCUT2D eigenvalue weighted by molar-refractivity contribution is 7.89. The van der Waals surface area contributed by atoms with Crippen LogP contribution >= 0.6 is 11.5 Å². The van der Waals surface area contributed by atoms with Gasteiger partial charge >= 0.3 is 0 Å². The highest BCUT2D eigenvalue weighted by Crippen LogP contribution is 2.34. The van der Waals surface area contributed by atoms with Gasteiger partial charge in [0.05, 0.1) is 17.0 Å². The molecule has 37 heavy (non-hydrogen) atoms. The lowest BCUT2D eigenvalue weighted by atomic mass is 10.0. The first-order valence-corrected chi connectivity index (χ1v) is 14.4. The van der Waals surface area contributed by atoms with Crippen molar-refractivity contribution in [1.82, 2.24) is 23.6 Å². The Morgan fingerprint density at radius 1 is 1.11 bits per heavy atom. The Balaban J connectivity index is 1.91. The van der Waals surface area contributed by atoms with Gasteiger partial charge < -0.3 is 10.6 Å². The number of rotatable bonds is 12. The van der Waals surface area contributed by atoms with Crippen molar-refractivity contribution in [3.63, 3.8) is 0 Å². The minimum atomic E-state index is -3.68. The van der Waals surface area contributed by atoms with Crippen LogP contribution in [-0.4, -0.2) is 102 Å². The molecule has 2 N–H and O–H groups in total. The van der Waals surface area contributed by atoms with E-state index in [0.29, 0.717) is 48.5 Å². The van der Waals surface area contributed by atoms with Gasteiger partial charge in [0.15, 0.2) is 5.00 Å². The van der Waals surface area contributed by atoms with Crippen molar-refractivity contribution in [2.45, 2.75) is 50.6 Å². The molecule has 1 atom stereocenters. The molecule has 0 aliphatic carbocycles. The van der Waals surface area contributed by atoms with E-state index in [-0.39, 0.29) is 11.4 Å². The first kappa shape index (κ1) is 29.0. The fraction of sp³-hybridized carbons (Fsp3) is 0.609. The largest absolute Gasteiger partial charge is 0.325 e. The summed E-state index contributed by atoms with van der Waals surface area (Å²) in [4.78, 5) is 28.4. The average molecular weight is 553 g/mol. The number of likely N-dealkylation sites (N-methyl/N-ethyl adjacent to an activating group) is 1. The molecule has 14 heteroatoms. The predicted octanol–water partition coefficient (Wildman–Crippen LogP) is 2.05. The lowest BCUT2D eigenvalue weighted by Gasteiger charge is -2.30. The van der Waals surface area contributed by atoms with E-state index in [1.54, 1.807) is 19.9 Å². The number of aromatic nitrogens is 1. The van der Waals surface area contributed by atoms with Crippen molar-refractivity contribution < 1.29 is 18.0 Å². The molecule has 2 heterocycles. The van der Waals surface area contributed by atoms with Crippen molar-refractivity contribution in [2.75, 3.05) is 46.8 Å². The first-order valence-electron chi connectivity index (χ1n) is 12.2. The van der Waals surface area contributed by atoms with Crippen LogP contribution in [0, 0.1) is 0 Å². The molecule has 1 unspecified atom stereocenters. The van der Waals surface area contributed by atoms with E-state index in [4.69, 9.17) is 5.73 Å². The van der Waals surface area contributed by atoms with E-state index in [2.05, 4.69) is 14.6 Å². The second-order valence-electron chi connectivity index (χ2n) is 9.84. The molecule has 1 aliphatic rings. The number of carbonyl (C=O) groups is 2. The lowest BCUT2D eigenvalue weighted by Crippen LogP contribution is -2.47. The van der Waals surface area contributed by atoms with Crippen molar-refractivity contribution in [1.29, 1.82) is 0 Å². The summed E-state index contributed by atoms with van der Waals surface area (Å²) >= 11 is 1.03. The molecule has 1 aromatic heterocycles. The molecule has 0 bridgehead atoms. The number of amides is 2. The van der Waals surface area contributed by atoms with Gasteiger partial charge in [0, 0.05) is 37.1 Å². The highest BCUT2D eigenvalue weighted by atomic mass is 32.2. The molecule has 2 aromatic rings. The third-order valence-electron chi connectivity index (χ3n) is 6.03. The Morgan fingerprint density at radius 3 is 2.30 bits per heavy atom. The van der Waals surface area contributed by atoms with Crippen LogP contribution < -0.4 is 5.73 Å². The van der Waals surface area contributed by atoms with Crippen LogP contribution in [0.4, 0.5) is 5.00 Å².